The standard InChI is InChI=1S/C18H7F9N2O/c19-10-4-8(16-28-2-1-3-29-16)5-11(20)15(10)18(26,27)30-9-6-12(21)14(13(22)7-9)17(23,24)25/h1-7H. The Morgan fingerprint density at radius 1 is 0.667 bits per heavy atom. The average Bonchev–Trinajstić information content (AvgIpc) is 2.59. The van der Waals surface area contributed by atoms with Gasteiger partial charge in [-0.15, -0.1) is 0 Å². The molecule has 1 heterocycles. The third-order valence-electron chi connectivity index (χ3n) is 3.70. The smallest absolute Gasteiger partial charge is 0.429 e. The fourth-order valence-corrected chi connectivity index (χ4v) is 2.51. The van der Waals surface area contributed by atoms with Crippen molar-refractivity contribution in [3.8, 4) is 17.1 Å². The Kier molecular flexibility index (Phi) is 5.35. The molecule has 0 amide bonds. The minimum atomic E-state index is -5.44. The molecule has 0 spiro atoms. The Morgan fingerprint density at radius 2 is 1.13 bits per heavy atom. The molecule has 0 radical (unpaired) electrons. The summed E-state index contributed by atoms with van der Waals surface area (Å²) in [5.41, 5.74) is -4.55. The number of nitrogens with zero attached hydrogens (tertiary/aromatic N) is 2. The van der Waals surface area contributed by atoms with Crippen LogP contribution in [0.15, 0.2) is 42.7 Å². The molecule has 0 fully saturated rings. The summed E-state index contributed by atoms with van der Waals surface area (Å²) in [5.74, 6) is -9.71. The van der Waals surface area contributed by atoms with Crippen LogP contribution in [0.2, 0.25) is 0 Å². The Bertz CT molecular complexity index is 1040. The zero-order chi connectivity index (χ0) is 22.3. The maximum absolute atomic E-state index is 14.3. The Labute approximate surface area is 161 Å². The lowest BCUT2D eigenvalue weighted by Gasteiger charge is -2.20. The third kappa shape index (κ3) is 4.16. The monoisotopic (exact) mass is 438 g/mol. The molecule has 0 saturated carbocycles. The molecule has 12 heteroatoms. The molecule has 0 aliphatic heterocycles. The van der Waals surface area contributed by atoms with Gasteiger partial charge in [-0.3, -0.25) is 0 Å². The molecule has 3 rings (SSSR count). The van der Waals surface area contributed by atoms with Crippen LogP contribution in [0.1, 0.15) is 11.1 Å². The van der Waals surface area contributed by atoms with E-state index in [2.05, 4.69) is 14.7 Å². The largest absolute Gasteiger partial charge is 0.432 e. The van der Waals surface area contributed by atoms with E-state index in [1.54, 1.807) is 0 Å². The lowest BCUT2D eigenvalue weighted by atomic mass is 10.1. The molecule has 0 unspecified atom stereocenters. The Hall–Kier alpha value is -3.31. The summed E-state index contributed by atoms with van der Waals surface area (Å²) < 4.78 is 126. The first kappa shape index (κ1) is 21.4. The van der Waals surface area contributed by atoms with Gasteiger partial charge in [0.1, 0.15) is 40.1 Å². The summed E-state index contributed by atoms with van der Waals surface area (Å²) in [5, 5.41) is 0. The molecule has 0 saturated heterocycles. The SMILES string of the molecule is Fc1cc(OC(F)(F)c2c(F)cc(-c3ncccn3)cc2F)cc(F)c1C(F)(F)F. The van der Waals surface area contributed by atoms with Gasteiger partial charge in [-0.2, -0.15) is 22.0 Å². The number of ether oxygens (including phenoxy) is 1. The van der Waals surface area contributed by atoms with E-state index in [9.17, 15) is 39.5 Å². The lowest BCUT2D eigenvalue weighted by Crippen LogP contribution is -2.25. The van der Waals surface area contributed by atoms with Crippen LogP contribution >= 0.6 is 0 Å². The highest BCUT2D eigenvalue weighted by atomic mass is 19.4. The van der Waals surface area contributed by atoms with Crippen molar-refractivity contribution in [2.45, 2.75) is 12.3 Å². The number of rotatable bonds is 4. The number of aromatic nitrogens is 2. The van der Waals surface area contributed by atoms with Crippen LogP contribution in [-0.4, -0.2) is 9.97 Å². The van der Waals surface area contributed by atoms with Crippen LogP contribution in [0.4, 0.5) is 39.5 Å². The number of alkyl halides is 5. The topological polar surface area (TPSA) is 35.0 Å². The summed E-state index contributed by atoms with van der Waals surface area (Å²) >= 11 is 0. The number of hydrogen-bond donors (Lipinski definition) is 0. The first-order valence-corrected chi connectivity index (χ1v) is 7.80. The zero-order valence-electron chi connectivity index (χ0n) is 14.2. The summed E-state index contributed by atoms with van der Waals surface area (Å²) in [7, 11) is 0. The highest BCUT2D eigenvalue weighted by Crippen LogP contribution is 2.39. The second-order valence-corrected chi connectivity index (χ2v) is 5.77. The first-order valence-electron chi connectivity index (χ1n) is 7.80. The molecule has 0 bridgehead atoms. The van der Waals surface area contributed by atoms with Crippen molar-refractivity contribution in [1.29, 1.82) is 0 Å². The summed E-state index contributed by atoms with van der Waals surface area (Å²) in [6, 6.07) is 1.98. The van der Waals surface area contributed by atoms with E-state index >= 15 is 0 Å². The summed E-state index contributed by atoms with van der Waals surface area (Å²) in [4.78, 5) is 7.40. The van der Waals surface area contributed by atoms with Crippen LogP contribution in [0.5, 0.6) is 5.75 Å². The zero-order valence-corrected chi connectivity index (χ0v) is 14.2. The molecule has 2 aromatic carbocycles. The van der Waals surface area contributed by atoms with Crippen molar-refractivity contribution in [2.75, 3.05) is 0 Å². The minimum Gasteiger partial charge on any atom is -0.429 e. The fourth-order valence-electron chi connectivity index (χ4n) is 2.51. The highest BCUT2D eigenvalue weighted by Gasteiger charge is 2.43. The first-order chi connectivity index (χ1) is 13.9. The molecule has 0 N–H and O–H groups in total. The Morgan fingerprint density at radius 3 is 1.60 bits per heavy atom. The van der Waals surface area contributed by atoms with Crippen LogP contribution in [-0.2, 0) is 12.3 Å². The van der Waals surface area contributed by atoms with Gasteiger partial charge in [-0.1, -0.05) is 0 Å². The molecule has 1 aromatic heterocycles. The fraction of sp³-hybridized carbons (Fsp3) is 0.111. The molecule has 3 aromatic rings. The molecule has 30 heavy (non-hydrogen) atoms. The van der Waals surface area contributed by atoms with Crippen LogP contribution < -0.4 is 4.74 Å². The van der Waals surface area contributed by atoms with E-state index < -0.39 is 52.4 Å². The van der Waals surface area contributed by atoms with Crippen LogP contribution in [0, 0.1) is 23.3 Å². The van der Waals surface area contributed by atoms with Gasteiger partial charge in [0, 0.05) is 30.1 Å². The molecule has 0 aliphatic carbocycles. The van der Waals surface area contributed by atoms with Gasteiger partial charge in [0.25, 0.3) is 0 Å². The summed E-state index contributed by atoms with van der Waals surface area (Å²) in [6.07, 6.45) is -7.80. The van der Waals surface area contributed by atoms with Crippen LogP contribution in [0.25, 0.3) is 11.4 Å². The van der Waals surface area contributed by atoms with E-state index in [0.29, 0.717) is 12.1 Å². The minimum absolute atomic E-state index is 0.179. The summed E-state index contributed by atoms with van der Waals surface area (Å²) in [6.45, 7) is 0. The van der Waals surface area contributed by atoms with E-state index in [1.165, 1.54) is 18.5 Å². The van der Waals surface area contributed by atoms with Crippen molar-refractivity contribution < 1.29 is 44.3 Å². The van der Waals surface area contributed by atoms with Gasteiger partial charge >= 0.3 is 12.3 Å². The predicted octanol–water partition coefficient (Wildman–Crippen LogP) is 5.85. The second kappa shape index (κ2) is 7.50. The maximum Gasteiger partial charge on any atom is 0.432 e. The van der Waals surface area contributed by atoms with Crippen LogP contribution in [0.3, 0.4) is 0 Å². The molecular formula is C18H7F9N2O. The molecular weight excluding hydrogens is 431 g/mol. The molecule has 158 valence electrons. The number of halogens is 9. The van der Waals surface area contributed by atoms with Crippen molar-refractivity contribution in [1.82, 2.24) is 9.97 Å². The Balaban J connectivity index is 1.98. The van der Waals surface area contributed by atoms with E-state index in [4.69, 9.17) is 0 Å². The number of benzene rings is 2. The average molecular weight is 438 g/mol. The van der Waals surface area contributed by atoms with Gasteiger partial charge in [0.05, 0.1) is 0 Å². The van der Waals surface area contributed by atoms with Gasteiger partial charge < -0.3 is 4.74 Å². The third-order valence-corrected chi connectivity index (χ3v) is 3.70. The lowest BCUT2D eigenvalue weighted by molar-refractivity contribution is -0.189. The van der Waals surface area contributed by atoms with Crippen molar-refractivity contribution >= 4 is 0 Å². The number of hydrogen-bond acceptors (Lipinski definition) is 3. The van der Waals surface area contributed by atoms with Gasteiger partial charge in [0.2, 0.25) is 0 Å². The van der Waals surface area contributed by atoms with Crippen molar-refractivity contribution in [2.24, 2.45) is 0 Å². The van der Waals surface area contributed by atoms with E-state index in [0.717, 1.165) is 0 Å². The second-order valence-electron chi connectivity index (χ2n) is 5.77. The van der Waals surface area contributed by atoms with Crippen molar-refractivity contribution in [3.63, 3.8) is 0 Å². The molecule has 0 aliphatic rings. The van der Waals surface area contributed by atoms with Gasteiger partial charge in [-0.05, 0) is 18.2 Å². The van der Waals surface area contributed by atoms with Crippen molar-refractivity contribution in [3.05, 3.63) is 77.1 Å². The van der Waals surface area contributed by atoms with E-state index in [1.807, 2.05) is 0 Å². The normalized spacial score (nSPS) is 12.2. The molecule has 3 nitrogen and oxygen atoms in total. The highest BCUT2D eigenvalue weighted by molar-refractivity contribution is 5.56. The molecule has 0 atom stereocenters. The van der Waals surface area contributed by atoms with E-state index in [-0.39, 0.29) is 23.5 Å². The van der Waals surface area contributed by atoms with Gasteiger partial charge in [0.15, 0.2) is 5.82 Å². The maximum atomic E-state index is 14.3. The quantitative estimate of drug-likeness (QED) is 0.480. The predicted molar refractivity (Wildman–Crippen MR) is 83.3 cm³/mol. The van der Waals surface area contributed by atoms with Gasteiger partial charge in [-0.25, -0.2) is 27.5 Å².